The van der Waals surface area contributed by atoms with Crippen molar-refractivity contribution in [3.8, 4) is 10.8 Å². The second-order valence-electron chi connectivity index (χ2n) is 5.72. The molecule has 2 aromatic rings. The van der Waals surface area contributed by atoms with Crippen LogP contribution in [0.5, 0.6) is 0 Å². The van der Waals surface area contributed by atoms with Crippen LogP contribution in [0.2, 0.25) is 0 Å². The largest absolute Gasteiger partial charge is 0.411 e. The van der Waals surface area contributed by atoms with Crippen molar-refractivity contribution in [2.45, 2.75) is 18.4 Å². The molecule has 0 aromatic carbocycles. The van der Waals surface area contributed by atoms with E-state index in [2.05, 4.69) is 14.6 Å². The van der Waals surface area contributed by atoms with Crippen LogP contribution in [0.3, 0.4) is 0 Å². The summed E-state index contributed by atoms with van der Waals surface area (Å²) in [6.07, 6.45) is 1.39. The van der Waals surface area contributed by atoms with Crippen molar-refractivity contribution < 1.29 is 18.0 Å². The highest BCUT2D eigenvalue weighted by atomic mass is 32.1. The number of fused-ring (bicyclic) bond motifs is 1. The van der Waals surface area contributed by atoms with Crippen LogP contribution in [-0.4, -0.2) is 68.4 Å². The molecule has 7 nitrogen and oxygen atoms in total. The van der Waals surface area contributed by atoms with Gasteiger partial charge in [0, 0.05) is 38.3 Å². The molecule has 0 saturated carbocycles. The zero-order chi connectivity index (χ0) is 16.0. The van der Waals surface area contributed by atoms with Gasteiger partial charge in [0.25, 0.3) is 11.8 Å². The fraction of sp³-hybridized carbons (Fsp3) is 0.538. The Balaban J connectivity index is 1.48. The van der Waals surface area contributed by atoms with E-state index >= 15 is 0 Å². The molecule has 2 fully saturated rings. The van der Waals surface area contributed by atoms with Gasteiger partial charge in [0.15, 0.2) is 0 Å². The molecule has 0 spiro atoms. The van der Waals surface area contributed by atoms with Gasteiger partial charge in [0.1, 0.15) is 4.88 Å². The van der Waals surface area contributed by atoms with E-state index in [9.17, 15) is 13.6 Å². The topological polar surface area (TPSA) is 75.4 Å². The summed E-state index contributed by atoms with van der Waals surface area (Å²) in [7, 11) is 0. The Morgan fingerprint density at radius 1 is 1.39 bits per heavy atom. The van der Waals surface area contributed by atoms with E-state index in [0.29, 0.717) is 18.0 Å². The fourth-order valence-electron chi connectivity index (χ4n) is 3.06. The van der Waals surface area contributed by atoms with Gasteiger partial charge in [-0.15, -0.1) is 10.2 Å². The SMILES string of the molecule is O=C(c1nnc(-c2ccns2)o1)N1CCN2CC(F)(F)C[C@H]2C1. The first-order valence-corrected chi connectivity index (χ1v) is 7.95. The van der Waals surface area contributed by atoms with E-state index in [0.717, 1.165) is 0 Å². The summed E-state index contributed by atoms with van der Waals surface area (Å²) in [5.74, 6) is -2.97. The summed E-state index contributed by atoms with van der Waals surface area (Å²) in [5, 5.41) is 7.61. The number of carbonyl (C=O) groups excluding carboxylic acids is 1. The molecule has 1 amide bonds. The summed E-state index contributed by atoms with van der Waals surface area (Å²) < 4.78 is 36.3. The van der Waals surface area contributed by atoms with Gasteiger partial charge < -0.3 is 9.32 Å². The molecule has 1 atom stereocenters. The maximum Gasteiger partial charge on any atom is 0.311 e. The molecule has 122 valence electrons. The van der Waals surface area contributed by atoms with Gasteiger partial charge in [-0.05, 0) is 17.6 Å². The lowest BCUT2D eigenvalue weighted by Crippen LogP contribution is -2.52. The van der Waals surface area contributed by atoms with Crippen molar-refractivity contribution in [3.63, 3.8) is 0 Å². The molecule has 0 unspecified atom stereocenters. The Morgan fingerprint density at radius 3 is 3.04 bits per heavy atom. The van der Waals surface area contributed by atoms with Crippen molar-refractivity contribution in [1.82, 2.24) is 24.4 Å². The van der Waals surface area contributed by atoms with Gasteiger partial charge in [-0.25, -0.2) is 13.2 Å². The first-order valence-electron chi connectivity index (χ1n) is 7.17. The van der Waals surface area contributed by atoms with Crippen LogP contribution in [-0.2, 0) is 0 Å². The van der Waals surface area contributed by atoms with E-state index in [1.807, 2.05) is 0 Å². The number of nitrogens with zero attached hydrogens (tertiary/aromatic N) is 5. The summed E-state index contributed by atoms with van der Waals surface area (Å²) in [6, 6.07) is 1.40. The van der Waals surface area contributed by atoms with E-state index < -0.39 is 11.8 Å². The average molecular weight is 341 g/mol. The highest BCUT2D eigenvalue weighted by molar-refractivity contribution is 7.09. The summed E-state index contributed by atoms with van der Waals surface area (Å²) in [4.78, 5) is 16.4. The van der Waals surface area contributed by atoms with E-state index in [1.54, 1.807) is 17.2 Å². The molecule has 23 heavy (non-hydrogen) atoms. The van der Waals surface area contributed by atoms with Crippen molar-refractivity contribution >= 4 is 17.4 Å². The Labute approximate surface area is 134 Å². The molecular weight excluding hydrogens is 328 g/mol. The quantitative estimate of drug-likeness (QED) is 0.821. The van der Waals surface area contributed by atoms with Gasteiger partial charge in [-0.3, -0.25) is 9.69 Å². The van der Waals surface area contributed by atoms with Crippen LogP contribution in [0.25, 0.3) is 10.8 Å². The van der Waals surface area contributed by atoms with Gasteiger partial charge in [0.05, 0.1) is 6.54 Å². The normalized spacial score (nSPS) is 23.9. The molecule has 0 aliphatic carbocycles. The predicted octanol–water partition coefficient (Wildman–Crippen LogP) is 1.36. The minimum Gasteiger partial charge on any atom is -0.411 e. The zero-order valence-electron chi connectivity index (χ0n) is 12.0. The molecular formula is C13H13F2N5O2S. The minimum absolute atomic E-state index is 0.119. The number of rotatable bonds is 2. The van der Waals surface area contributed by atoms with Crippen LogP contribution in [0, 0.1) is 0 Å². The predicted molar refractivity (Wildman–Crippen MR) is 76.2 cm³/mol. The van der Waals surface area contributed by atoms with E-state index in [-0.39, 0.29) is 37.3 Å². The summed E-state index contributed by atoms with van der Waals surface area (Å²) in [6.45, 7) is 0.841. The lowest BCUT2D eigenvalue weighted by Gasteiger charge is -2.36. The van der Waals surface area contributed by atoms with Gasteiger partial charge >= 0.3 is 11.8 Å². The van der Waals surface area contributed by atoms with Crippen molar-refractivity contribution in [2.75, 3.05) is 26.2 Å². The van der Waals surface area contributed by atoms with E-state index in [4.69, 9.17) is 4.42 Å². The summed E-state index contributed by atoms with van der Waals surface area (Å²) >= 11 is 1.19. The number of carbonyl (C=O) groups is 1. The highest BCUT2D eigenvalue weighted by Gasteiger charge is 2.47. The second kappa shape index (κ2) is 5.31. The smallest absolute Gasteiger partial charge is 0.311 e. The summed E-state index contributed by atoms with van der Waals surface area (Å²) in [5.41, 5.74) is 0. The first-order chi connectivity index (χ1) is 11.0. The lowest BCUT2D eigenvalue weighted by atomic mass is 10.1. The standard InChI is InChI=1S/C13H13F2N5O2S/c14-13(15)5-8-6-19(3-4-20(8)7-13)12(21)11-18-17-10(22-11)9-1-2-16-23-9/h1-2,8H,3-7H2/t8-/m0/s1. The van der Waals surface area contributed by atoms with Gasteiger partial charge in [-0.2, -0.15) is 0 Å². The number of hydrogen-bond donors (Lipinski definition) is 0. The third-order valence-corrected chi connectivity index (χ3v) is 4.85. The highest BCUT2D eigenvalue weighted by Crippen LogP contribution is 2.34. The number of hydrogen-bond acceptors (Lipinski definition) is 7. The zero-order valence-corrected chi connectivity index (χ0v) is 12.8. The van der Waals surface area contributed by atoms with Crippen LogP contribution < -0.4 is 0 Å². The monoisotopic (exact) mass is 341 g/mol. The Bertz CT molecular complexity index is 720. The molecule has 4 heterocycles. The second-order valence-corrected chi connectivity index (χ2v) is 6.56. The molecule has 0 radical (unpaired) electrons. The van der Waals surface area contributed by atoms with Crippen molar-refractivity contribution in [3.05, 3.63) is 18.2 Å². The van der Waals surface area contributed by atoms with Gasteiger partial charge in [-0.1, -0.05) is 0 Å². The van der Waals surface area contributed by atoms with Crippen LogP contribution in [0.4, 0.5) is 8.78 Å². The maximum atomic E-state index is 13.5. The lowest BCUT2D eigenvalue weighted by molar-refractivity contribution is 0.0120. The third-order valence-electron chi connectivity index (χ3n) is 4.12. The van der Waals surface area contributed by atoms with Crippen LogP contribution in [0.1, 0.15) is 17.1 Å². The van der Waals surface area contributed by atoms with Crippen molar-refractivity contribution in [2.24, 2.45) is 0 Å². The number of halogens is 2. The number of aromatic nitrogens is 3. The van der Waals surface area contributed by atoms with Crippen molar-refractivity contribution in [1.29, 1.82) is 0 Å². The third kappa shape index (κ3) is 2.72. The first kappa shape index (κ1) is 14.6. The van der Waals surface area contributed by atoms with Gasteiger partial charge in [0.2, 0.25) is 0 Å². The number of alkyl halides is 2. The number of amides is 1. The molecule has 2 aliphatic heterocycles. The Hall–Kier alpha value is -1.94. The average Bonchev–Trinajstić information content (AvgIpc) is 3.23. The molecule has 10 heteroatoms. The fourth-order valence-corrected chi connectivity index (χ4v) is 3.57. The molecule has 2 saturated heterocycles. The Kier molecular flexibility index (Phi) is 3.38. The molecule has 2 aliphatic rings. The Morgan fingerprint density at radius 2 is 2.26 bits per heavy atom. The minimum atomic E-state index is -2.67. The molecule has 4 rings (SSSR count). The maximum absolute atomic E-state index is 13.5. The molecule has 0 bridgehead atoms. The van der Waals surface area contributed by atoms with Crippen LogP contribution >= 0.6 is 11.5 Å². The molecule has 2 aromatic heterocycles. The van der Waals surface area contributed by atoms with E-state index in [1.165, 1.54) is 16.4 Å². The molecule has 0 N–H and O–H groups in total. The van der Waals surface area contributed by atoms with Crippen LogP contribution in [0.15, 0.2) is 16.7 Å². The number of piperazine rings is 1.